The van der Waals surface area contributed by atoms with Gasteiger partial charge in [0.25, 0.3) is 0 Å². The number of carboxylic acid groups (broad SMARTS) is 1. The van der Waals surface area contributed by atoms with Gasteiger partial charge >= 0.3 is 5.97 Å². The maximum atomic E-state index is 12.9. The molecule has 0 saturated carbocycles. The Hall–Kier alpha value is -1.60. The zero-order valence-corrected chi connectivity index (χ0v) is 17.9. The Labute approximate surface area is 174 Å². The van der Waals surface area contributed by atoms with Crippen molar-refractivity contribution in [1.29, 1.82) is 0 Å². The van der Waals surface area contributed by atoms with Crippen LogP contribution in [0.2, 0.25) is 0 Å². The summed E-state index contributed by atoms with van der Waals surface area (Å²) in [6.07, 6.45) is 5.08. The van der Waals surface area contributed by atoms with Gasteiger partial charge < -0.3 is 15.1 Å². The molecule has 0 aromatic heterocycles. The summed E-state index contributed by atoms with van der Waals surface area (Å²) < 4.78 is 0.639. The van der Waals surface area contributed by atoms with Crippen molar-refractivity contribution in [2.45, 2.75) is 57.5 Å². The third-order valence-electron chi connectivity index (χ3n) is 6.05. The van der Waals surface area contributed by atoms with Crippen LogP contribution in [-0.4, -0.2) is 63.6 Å². The molecule has 1 aromatic rings. The number of aliphatic carboxylic acids is 1. The standard InChI is InChI=1S/C21H29BrN2O4/c1-14(12-15-5-6-19(25)17(22)13-15)20(26)23-10-7-16(8-11-23)24-9-3-2-4-18(24)21(27)28/h5-6,13-14,16,18,25H,2-4,7-12H2,1H3,(H,27,28)/t14-,18+/m1/s1. The molecule has 7 heteroatoms. The first kappa shape index (κ1) is 21.1. The van der Waals surface area contributed by atoms with E-state index in [1.54, 1.807) is 6.07 Å². The van der Waals surface area contributed by atoms with Crippen molar-refractivity contribution in [3.05, 3.63) is 28.2 Å². The quantitative estimate of drug-likeness (QED) is 0.716. The molecule has 1 aromatic carbocycles. The highest BCUT2D eigenvalue weighted by molar-refractivity contribution is 9.10. The van der Waals surface area contributed by atoms with E-state index in [1.165, 1.54) is 0 Å². The molecule has 0 bridgehead atoms. The monoisotopic (exact) mass is 452 g/mol. The highest BCUT2D eigenvalue weighted by Crippen LogP contribution is 2.28. The van der Waals surface area contributed by atoms with E-state index in [0.717, 1.165) is 44.2 Å². The minimum Gasteiger partial charge on any atom is -0.507 e. The van der Waals surface area contributed by atoms with Gasteiger partial charge in [0.15, 0.2) is 0 Å². The van der Waals surface area contributed by atoms with Gasteiger partial charge in [-0.2, -0.15) is 0 Å². The molecule has 2 aliphatic rings. The minimum atomic E-state index is -0.716. The van der Waals surface area contributed by atoms with Crippen LogP contribution >= 0.6 is 15.9 Å². The van der Waals surface area contributed by atoms with Crippen LogP contribution in [0.15, 0.2) is 22.7 Å². The lowest BCUT2D eigenvalue weighted by atomic mass is 9.94. The molecule has 3 rings (SSSR count). The molecule has 2 heterocycles. The average Bonchev–Trinajstić information content (AvgIpc) is 2.70. The van der Waals surface area contributed by atoms with Crippen molar-refractivity contribution in [1.82, 2.24) is 9.80 Å². The second-order valence-corrected chi connectivity index (χ2v) is 8.89. The van der Waals surface area contributed by atoms with Crippen molar-refractivity contribution in [2.24, 2.45) is 5.92 Å². The molecule has 28 heavy (non-hydrogen) atoms. The predicted molar refractivity (Wildman–Crippen MR) is 110 cm³/mol. The number of aromatic hydroxyl groups is 1. The molecule has 6 nitrogen and oxygen atoms in total. The van der Waals surface area contributed by atoms with E-state index in [4.69, 9.17) is 0 Å². The molecular weight excluding hydrogens is 424 g/mol. The summed E-state index contributed by atoms with van der Waals surface area (Å²) >= 11 is 3.32. The number of phenolic OH excluding ortho intramolecular Hbond substituents is 1. The predicted octanol–water partition coefficient (Wildman–Crippen LogP) is 3.26. The molecule has 2 aliphatic heterocycles. The normalized spacial score (nSPS) is 22.8. The Morgan fingerprint density at radius 2 is 1.89 bits per heavy atom. The first-order valence-electron chi connectivity index (χ1n) is 10.1. The SMILES string of the molecule is C[C@H](Cc1ccc(O)c(Br)c1)C(=O)N1CCC(N2CCCC[C@H]2C(=O)O)CC1. The molecule has 2 saturated heterocycles. The number of carbonyl (C=O) groups excluding carboxylic acids is 1. The van der Waals surface area contributed by atoms with E-state index >= 15 is 0 Å². The fourth-order valence-electron chi connectivity index (χ4n) is 4.50. The highest BCUT2D eigenvalue weighted by Gasteiger charge is 2.36. The van der Waals surface area contributed by atoms with Gasteiger partial charge in [-0.3, -0.25) is 14.5 Å². The van der Waals surface area contributed by atoms with Crippen LogP contribution in [0.1, 0.15) is 44.6 Å². The topological polar surface area (TPSA) is 81.1 Å². The van der Waals surface area contributed by atoms with Crippen molar-refractivity contribution >= 4 is 27.8 Å². The zero-order valence-electron chi connectivity index (χ0n) is 16.3. The second kappa shape index (κ2) is 9.27. The van der Waals surface area contributed by atoms with Crippen LogP contribution in [0, 0.1) is 5.92 Å². The van der Waals surface area contributed by atoms with Crippen molar-refractivity contribution < 1.29 is 19.8 Å². The molecule has 2 atom stereocenters. The number of amides is 1. The summed E-state index contributed by atoms with van der Waals surface area (Å²) in [4.78, 5) is 28.5. The summed E-state index contributed by atoms with van der Waals surface area (Å²) in [6, 6.07) is 5.23. The summed E-state index contributed by atoms with van der Waals surface area (Å²) in [5.74, 6) is -0.500. The molecule has 0 aliphatic carbocycles. The first-order valence-corrected chi connectivity index (χ1v) is 10.9. The van der Waals surface area contributed by atoms with Crippen LogP contribution < -0.4 is 0 Å². The Kier molecular flexibility index (Phi) is 6.99. The summed E-state index contributed by atoms with van der Waals surface area (Å²) in [7, 11) is 0. The number of piperidine rings is 2. The lowest BCUT2D eigenvalue weighted by molar-refractivity contribution is -0.147. The third-order valence-corrected chi connectivity index (χ3v) is 6.69. The Morgan fingerprint density at radius 1 is 1.18 bits per heavy atom. The van der Waals surface area contributed by atoms with Gasteiger partial charge in [0.2, 0.25) is 5.91 Å². The number of rotatable bonds is 5. The minimum absolute atomic E-state index is 0.130. The van der Waals surface area contributed by atoms with E-state index in [-0.39, 0.29) is 29.7 Å². The number of nitrogens with zero attached hydrogens (tertiary/aromatic N) is 2. The van der Waals surface area contributed by atoms with Gasteiger partial charge in [0.05, 0.1) is 4.47 Å². The molecule has 0 unspecified atom stereocenters. The van der Waals surface area contributed by atoms with Gasteiger partial charge in [0, 0.05) is 25.0 Å². The zero-order chi connectivity index (χ0) is 20.3. The maximum absolute atomic E-state index is 12.9. The van der Waals surface area contributed by atoms with E-state index in [2.05, 4.69) is 20.8 Å². The smallest absolute Gasteiger partial charge is 0.320 e. The van der Waals surface area contributed by atoms with Gasteiger partial charge in [0.1, 0.15) is 11.8 Å². The van der Waals surface area contributed by atoms with Crippen LogP contribution in [-0.2, 0) is 16.0 Å². The fourth-order valence-corrected chi connectivity index (χ4v) is 4.93. The number of carbonyl (C=O) groups is 2. The van der Waals surface area contributed by atoms with E-state index in [1.807, 2.05) is 24.0 Å². The van der Waals surface area contributed by atoms with E-state index < -0.39 is 5.97 Å². The Morgan fingerprint density at radius 3 is 2.54 bits per heavy atom. The number of hydrogen-bond acceptors (Lipinski definition) is 4. The second-order valence-electron chi connectivity index (χ2n) is 8.04. The van der Waals surface area contributed by atoms with Crippen LogP contribution in [0.5, 0.6) is 5.75 Å². The van der Waals surface area contributed by atoms with Gasteiger partial charge in [-0.25, -0.2) is 0 Å². The Bertz CT molecular complexity index is 718. The van der Waals surface area contributed by atoms with E-state index in [9.17, 15) is 19.8 Å². The average molecular weight is 453 g/mol. The third kappa shape index (κ3) is 4.87. The van der Waals surface area contributed by atoms with Crippen molar-refractivity contribution in [3.8, 4) is 5.75 Å². The van der Waals surface area contributed by atoms with Gasteiger partial charge in [-0.15, -0.1) is 0 Å². The molecule has 1 amide bonds. The number of phenols is 1. The number of benzene rings is 1. The van der Waals surface area contributed by atoms with Gasteiger partial charge in [-0.1, -0.05) is 19.4 Å². The van der Waals surface area contributed by atoms with Crippen molar-refractivity contribution in [3.63, 3.8) is 0 Å². The molecule has 2 fully saturated rings. The number of likely N-dealkylation sites (tertiary alicyclic amines) is 2. The van der Waals surface area contributed by atoms with Crippen LogP contribution in [0.4, 0.5) is 0 Å². The number of halogens is 1. The largest absolute Gasteiger partial charge is 0.507 e. The summed E-state index contributed by atoms with van der Waals surface area (Å²) in [5.41, 5.74) is 1.01. The molecule has 0 radical (unpaired) electrons. The van der Waals surface area contributed by atoms with E-state index in [0.29, 0.717) is 24.0 Å². The number of hydrogen-bond donors (Lipinski definition) is 2. The summed E-state index contributed by atoms with van der Waals surface area (Å²) in [6.45, 7) is 4.17. The highest BCUT2D eigenvalue weighted by atomic mass is 79.9. The van der Waals surface area contributed by atoms with Crippen LogP contribution in [0.25, 0.3) is 0 Å². The number of carboxylic acids is 1. The van der Waals surface area contributed by atoms with Crippen molar-refractivity contribution in [2.75, 3.05) is 19.6 Å². The molecule has 154 valence electrons. The Balaban J connectivity index is 1.54. The lowest BCUT2D eigenvalue weighted by Gasteiger charge is -2.43. The van der Waals surface area contributed by atoms with Crippen LogP contribution in [0.3, 0.4) is 0 Å². The molecule has 0 spiro atoms. The lowest BCUT2D eigenvalue weighted by Crippen LogP contribution is -2.54. The summed E-state index contributed by atoms with van der Waals surface area (Å²) in [5, 5.41) is 19.1. The first-order chi connectivity index (χ1) is 13.4. The maximum Gasteiger partial charge on any atom is 0.320 e. The van der Waals surface area contributed by atoms with Gasteiger partial charge in [-0.05, 0) is 72.3 Å². The molecule has 2 N–H and O–H groups in total. The molecular formula is C21H29BrN2O4. The fraction of sp³-hybridized carbons (Fsp3) is 0.619.